The summed E-state index contributed by atoms with van der Waals surface area (Å²) in [6.07, 6.45) is -1.12. The van der Waals surface area contributed by atoms with Gasteiger partial charge in [0.25, 0.3) is 11.5 Å². The molecule has 10 heteroatoms. The Kier molecular flexibility index (Phi) is 5.55. The van der Waals surface area contributed by atoms with Crippen molar-refractivity contribution in [3.8, 4) is 11.4 Å². The molecule has 1 amide bonds. The van der Waals surface area contributed by atoms with Crippen molar-refractivity contribution < 1.29 is 17.9 Å². The highest BCUT2D eigenvalue weighted by molar-refractivity contribution is 7.92. The second-order valence-electron chi connectivity index (χ2n) is 7.43. The molecular formula is C22H24N4O5S. The first-order valence-corrected chi connectivity index (χ1v) is 11.8. The molecule has 1 aliphatic rings. The van der Waals surface area contributed by atoms with Gasteiger partial charge < -0.3 is 10.1 Å². The summed E-state index contributed by atoms with van der Waals surface area (Å²) in [6.45, 7) is 3.08. The van der Waals surface area contributed by atoms with E-state index in [-0.39, 0.29) is 18.0 Å². The lowest BCUT2D eigenvalue weighted by Crippen LogP contribution is -2.49. The van der Waals surface area contributed by atoms with Crippen molar-refractivity contribution in [2.75, 3.05) is 21.9 Å². The van der Waals surface area contributed by atoms with Crippen molar-refractivity contribution in [1.82, 2.24) is 9.36 Å². The molecule has 2 heterocycles. The van der Waals surface area contributed by atoms with Crippen molar-refractivity contribution in [2.45, 2.75) is 20.0 Å². The summed E-state index contributed by atoms with van der Waals surface area (Å²) in [7, 11) is -1.90. The Labute approximate surface area is 185 Å². The highest BCUT2D eigenvalue weighted by atomic mass is 32.2. The second kappa shape index (κ2) is 8.19. The molecule has 1 aliphatic heterocycles. The van der Waals surface area contributed by atoms with Gasteiger partial charge in [-0.25, -0.2) is 13.1 Å². The van der Waals surface area contributed by atoms with Crippen LogP contribution in [0.2, 0.25) is 0 Å². The van der Waals surface area contributed by atoms with Crippen LogP contribution in [0, 0.1) is 6.92 Å². The number of carbonyl (C=O) groups excluding carboxylic acids is 1. The minimum atomic E-state index is -3.63. The normalized spacial score (nSPS) is 15.7. The van der Waals surface area contributed by atoms with Crippen molar-refractivity contribution >= 4 is 27.3 Å². The monoisotopic (exact) mass is 456 g/mol. The molecule has 0 unspecified atom stereocenters. The summed E-state index contributed by atoms with van der Waals surface area (Å²) in [5.74, 6) is -0.417. The molecule has 2 aromatic carbocycles. The number of ether oxygens (including phenoxy) is 1. The van der Waals surface area contributed by atoms with E-state index in [1.165, 1.54) is 8.99 Å². The maximum Gasteiger partial charge on any atom is 0.295 e. The lowest BCUT2D eigenvalue weighted by atomic mass is 10.2. The molecule has 0 saturated heterocycles. The third-order valence-electron chi connectivity index (χ3n) is 5.53. The molecule has 0 saturated carbocycles. The Balaban J connectivity index is 1.66. The van der Waals surface area contributed by atoms with Crippen molar-refractivity contribution in [3.05, 3.63) is 70.6 Å². The summed E-state index contributed by atoms with van der Waals surface area (Å²) < 4.78 is 35.4. The molecule has 0 radical (unpaired) electrons. The lowest BCUT2D eigenvalue weighted by Gasteiger charge is -2.34. The van der Waals surface area contributed by atoms with E-state index in [0.717, 1.165) is 0 Å². The minimum Gasteiger partial charge on any atom is -0.476 e. The lowest BCUT2D eigenvalue weighted by molar-refractivity contribution is -0.122. The van der Waals surface area contributed by atoms with Crippen LogP contribution in [-0.2, 0) is 21.9 Å². The standard InChI is InChI=1S/C22H24N4O5S/c1-4-32(29,30)25-14-19(31-18-13-9-8-12-17(18)25)21(27)23-20-15(2)24(3)26(22(20)28)16-10-6-5-7-11-16/h5-13,19H,4,14H2,1-3H3,(H,23,27)/t19-/m0/s1. The molecule has 1 N–H and O–H groups in total. The topological polar surface area (TPSA) is 103 Å². The number of carbonyl (C=O) groups is 1. The fraction of sp³-hybridized carbons (Fsp3) is 0.273. The summed E-state index contributed by atoms with van der Waals surface area (Å²) in [6, 6.07) is 15.7. The van der Waals surface area contributed by atoms with E-state index in [9.17, 15) is 18.0 Å². The molecule has 0 spiro atoms. The van der Waals surface area contributed by atoms with Crippen LogP contribution in [-0.4, -0.2) is 42.1 Å². The maximum atomic E-state index is 13.1. The van der Waals surface area contributed by atoms with E-state index >= 15 is 0 Å². The largest absolute Gasteiger partial charge is 0.476 e. The fourth-order valence-electron chi connectivity index (χ4n) is 3.67. The van der Waals surface area contributed by atoms with Crippen molar-refractivity contribution in [2.24, 2.45) is 7.05 Å². The third kappa shape index (κ3) is 3.66. The van der Waals surface area contributed by atoms with E-state index in [0.29, 0.717) is 22.8 Å². The number of hydrogen-bond acceptors (Lipinski definition) is 5. The second-order valence-corrected chi connectivity index (χ2v) is 9.61. The Bertz CT molecular complexity index is 1330. The number of benzene rings is 2. The summed E-state index contributed by atoms with van der Waals surface area (Å²) in [5.41, 5.74) is 1.33. The van der Waals surface area contributed by atoms with Gasteiger partial charge in [-0.3, -0.25) is 18.6 Å². The van der Waals surface area contributed by atoms with Crippen LogP contribution in [0.25, 0.3) is 5.69 Å². The Hall–Kier alpha value is -3.53. The van der Waals surface area contributed by atoms with Gasteiger partial charge in [-0.15, -0.1) is 0 Å². The number of sulfonamides is 1. The van der Waals surface area contributed by atoms with Crippen molar-refractivity contribution in [1.29, 1.82) is 0 Å². The van der Waals surface area contributed by atoms with Crippen LogP contribution < -0.4 is 19.9 Å². The first kappa shape index (κ1) is 21.7. The van der Waals surface area contributed by atoms with Crippen LogP contribution in [0.15, 0.2) is 59.4 Å². The quantitative estimate of drug-likeness (QED) is 0.633. The molecule has 4 rings (SSSR count). The number of anilines is 2. The number of aromatic nitrogens is 2. The average Bonchev–Trinajstić information content (AvgIpc) is 3.01. The van der Waals surface area contributed by atoms with Crippen LogP contribution in [0.1, 0.15) is 12.6 Å². The highest BCUT2D eigenvalue weighted by Gasteiger charge is 2.36. The SMILES string of the molecule is CCS(=O)(=O)N1C[C@@H](C(=O)Nc2c(C)n(C)n(-c3ccccc3)c2=O)Oc2ccccc21. The zero-order valence-corrected chi connectivity index (χ0v) is 18.8. The third-order valence-corrected chi connectivity index (χ3v) is 7.28. The number of fused-ring (bicyclic) bond motifs is 1. The minimum absolute atomic E-state index is 0.116. The number of hydrogen-bond donors (Lipinski definition) is 1. The van der Waals surface area contributed by atoms with Gasteiger partial charge in [0, 0.05) is 7.05 Å². The first-order valence-electron chi connectivity index (χ1n) is 10.2. The molecule has 9 nitrogen and oxygen atoms in total. The van der Waals surface area contributed by atoms with Gasteiger partial charge in [0.2, 0.25) is 10.0 Å². The Morgan fingerprint density at radius 3 is 2.47 bits per heavy atom. The first-order chi connectivity index (χ1) is 15.2. The average molecular weight is 457 g/mol. The zero-order valence-electron chi connectivity index (χ0n) is 18.0. The molecule has 0 fully saturated rings. The van der Waals surface area contributed by atoms with Gasteiger partial charge in [0.05, 0.1) is 29.4 Å². The number of nitrogens with one attached hydrogen (secondary N) is 1. The molecular weight excluding hydrogens is 432 g/mol. The van der Waals surface area contributed by atoms with Gasteiger partial charge in [0.15, 0.2) is 6.10 Å². The summed E-state index contributed by atoms with van der Waals surface area (Å²) >= 11 is 0. The van der Waals surface area contributed by atoms with Crippen LogP contribution in [0.5, 0.6) is 5.75 Å². The molecule has 32 heavy (non-hydrogen) atoms. The molecule has 1 atom stereocenters. The van der Waals surface area contributed by atoms with E-state index in [4.69, 9.17) is 4.74 Å². The highest BCUT2D eigenvalue weighted by Crippen LogP contribution is 2.35. The van der Waals surface area contributed by atoms with Gasteiger partial charge in [-0.2, -0.15) is 0 Å². The smallest absolute Gasteiger partial charge is 0.295 e. The summed E-state index contributed by atoms with van der Waals surface area (Å²) in [5, 5.41) is 2.66. The van der Waals surface area contributed by atoms with E-state index < -0.39 is 27.6 Å². The zero-order chi connectivity index (χ0) is 23.0. The predicted molar refractivity (Wildman–Crippen MR) is 122 cm³/mol. The van der Waals surface area contributed by atoms with Gasteiger partial charge >= 0.3 is 0 Å². The number of amides is 1. The van der Waals surface area contributed by atoms with Crippen LogP contribution in [0.4, 0.5) is 11.4 Å². The Morgan fingerprint density at radius 2 is 1.78 bits per heavy atom. The van der Waals surface area contributed by atoms with E-state index in [1.54, 1.807) is 62.0 Å². The van der Waals surface area contributed by atoms with Gasteiger partial charge in [-0.05, 0) is 38.1 Å². The Morgan fingerprint density at radius 1 is 1.12 bits per heavy atom. The van der Waals surface area contributed by atoms with Crippen LogP contribution in [0.3, 0.4) is 0 Å². The molecule has 0 bridgehead atoms. The number of nitrogens with zero attached hydrogens (tertiary/aromatic N) is 3. The maximum absolute atomic E-state index is 13.1. The summed E-state index contributed by atoms with van der Waals surface area (Å²) in [4.78, 5) is 26.2. The molecule has 3 aromatic rings. The van der Waals surface area contributed by atoms with E-state index in [1.807, 2.05) is 18.2 Å². The van der Waals surface area contributed by atoms with E-state index in [2.05, 4.69) is 5.32 Å². The van der Waals surface area contributed by atoms with Gasteiger partial charge in [-0.1, -0.05) is 30.3 Å². The predicted octanol–water partition coefficient (Wildman–Crippen LogP) is 2.04. The van der Waals surface area contributed by atoms with Gasteiger partial charge in [0.1, 0.15) is 11.4 Å². The number of rotatable bonds is 5. The van der Waals surface area contributed by atoms with Crippen molar-refractivity contribution in [3.63, 3.8) is 0 Å². The number of para-hydroxylation sites is 3. The molecule has 1 aromatic heterocycles. The molecule has 0 aliphatic carbocycles. The fourth-order valence-corrected chi connectivity index (χ4v) is 4.80. The molecule has 168 valence electrons. The van der Waals surface area contributed by atoms with Crippen LogP contribution >= 0.6 is 0 Å².